The van der Waals surface area contributed by atoms with Crippen molar-refractivity contribution >= 4 is 57.8 Å². The van der Waals surface area contributed by atoms with Gasteiger partial charge in [-0.15, -0.1) is 0 Å². The van der Waals surface area contributed by atoms with Crippen molar-refractivity contribution in [3.8, 4) is 0 Å². The Morgan fingerprint density at radius 1 is 1.04 bits per heavy atom. The van der Waals surface area contributed by atoms with E-state index in [9.17, 15) is 9.18 Å². The fraction of sp³-hybridized carbons (Fsp3) is 0.263. The van der Waals surface area contributed by atoms with Gasteiger partial charge in [-0.25, -0.2) is 4.39 Å². The van der Waals surface area contributed by atoms with Gasteiger partial charge in [-0.1, -0.05) is 23.2 Å². The number of benzene rings is 2. The number of nitrogens with one attached hydrogen (secondary N) is 2. The first-order valence-electron chi connectivity index (χ1n) is 8.56. The molecule has 1 saturated heterocycles. The summed E-state index contributed by atoms with van der Waals surface area (Å²) in [5.74, 6) is -0.753. The van der Waals surface area contributed by atoms with Gasteiger partial charge in [0, 0.05) is 24.3 Å². The lowest BCUT2D eigenvalue weighted by Crippen LogP contribution is -2.34. The number of anilines is 2. The van der Waals surface area contributed by atoms with Crippen LogP contribution in [0.4, 0.5) is 15.8 Å². The Hall–Kier alpha value is -1.89. The number of nitrogens with zero attached hydrogens (tertiary/aromatic N) is 1. The van der Waals surface area contributed by atoms with Crippen molar-refractivity contribution in [2.45, 2.75) is 19.3 Å². The summed E-state index contributed by atoms with van der Waals surface area (Å²) in [5, 5.41) is 6.06. The molecule has 1 aliphatic rings. The van der Waals surface area contributed by atoms with Gasteiger partial charge in [0.1, 0.15) is 5.82 Å². The van der Waals surface area contributed by atoms with Gasteiger partial charge in [-0.2, -0.15) is 0 Å². The summed E-state index contributed by atoms with van der Waals surface area (Å²) in [7, 11) is 0. The van der Waals surface area contributed by atoms with E-state index < -0.39 is 5.91 Å². The number of amides is 1. The SMILES string of the molecule is O=C(NC(=S)Nc1ccc(N2CCCCC2)c(F)c1)c1ccc(Cl)c(Cl)c1. The highest BCUT2D eigenvalue weighted by Crippen LogP contribution is 2.26. The van der Waals surface area contributed by atoms with Gasteiger partial charge >= 0.3 is 0 Å². The second-order valence-corrected chi connectivity index (χ2v) is 7.47. The van der Waals surface area contributed by atoms with Crippen LogP contribution in [-0.2, 0) is 0 Å². The van der Waals surface area contributed by atoms with E-state index in [0.29, 0.717) is 22.0 Å². The molecule has 4 nitrogen and oxygen atoms in total. The highest BCUT2D eigenvalue weighted by Gasteiger charge is 2.16. The number of carbonyl (C=O) groups excluding carboxylic acids is 1. The Bertz CT molecular complexity index is 872. The van der Waals surface area contributed by atoms with Gasteiger partial charge in [0.05, 0.1) is 15.7 Å². The Morgan fingerprint density at radius 2 is 1.78 bits per heavy atom. The summed E-state index contributed by atoms with van der Waals surface area (Å²) < 4.78 is 14.5. The van der Waals surface area contributed by atoms with Gasteiger partial charge in [0.2, 0.25) is 0 Å². The highest BCUT2D eigenvalue weighted by molar-refractivity contribution is 7.80. The minimum Gasteiger partial charge on any atom is -0.369 e. The molecule has 2 aromatic rings. The number of rotatable bonds is 3. The Labute approximate surface area is 172 Å². The van der Waals surface area contributed by atoms with Crippen LogP contribution in [0.2, 0.25) is 10.0 Å². The fourth-order valence-corrected chi connectivity index (χ4v) is 3.46. The van der Waals surface area contributed by atoms with Crippen molar-refractivity contribution in [3.63, 3.8) is 0 Å². The summed E-state index contributed by atoms with van der Waals surface area (Å²) in [5.41, 5.74) is 1.37. The van der Waals surface area contributed by atoms with Crippen molar-refractivity contribution in [2.24, 2.45) is 0 Å². The normalized spacial score (nSPS) is 14.0. The molecule has 0 aliphatic carbocycles. The lowest BCUT2D eigenvalue weighted by molar-refractivity contribution is 0.0977. The van der Waals surface area contributed by atoms with Crippen LogP contribution < -0.4 is 15.5 Å². The molecule has 1 aliphatic heterocycles. The molecule has 0 bridgehead atoms. The number of halogens is 3. The van der Waals surface area contributed by atoms with Gasteiger partial charge in [-0.05, 0) is 67.9 Å². The smallest absolute Gasteiger partial charge is 0.257 e. The predicted molar refractivity (Wildman–Crippen MR) is 113 cm³/mol. The van der Waals surface area contributed by atoms with E-state index in [1.807, 2.05) is 4.90 Å². The minimum absolute atomic E-state index is 0.0659. The molecule has 0 atom stereocenters. The molecule has 0 aromatic heterocycles. The van der Waals surface area contributed by atoms with Crippen molar-refractivity contribution < 1.29 is 9.18 Å². The van der Waals surface area contributed by atoms with Gasteiger partial charge in [0.25, 0.3) is 5.91 Å². The zero-order valence-electron chi connectivity index (χ0n) is 14.4. The molecule has 8 heteroatoms. The van der Waals surface area contributed by atoms with Crippen LogP contribution in [0.5, 0.6) is 0 Å². The lowest BCUT2D eigenvalue weighted by Gasteiger charge is -2.29. The molecule has 3 rings (SSSR count). The third-order valence-corrected chi connectivity index (χ3v) is 5.25. The molecule has 142 valence electrons. The number of piperidine rings is 1. The number of hydrogen-bond acceptors (Lipinski definition) is 3. The van der Waals surface area contributed by atoms with Crippen molar-refractivity contribution in [3.05, 3.63) is 57.8 Å². The van der Waals surface area contributed by atoms with E-state index >= 15 is 0 Å². The van der Waals surface area contributed by atoms with Crippen molar-refractivity contribution in [1.82, 2.24) is 5.32 Å². The summed E-state index contributed by atoms with van der Waals surface area (Å²) in [6.45, 7) is 1.73. The second kappa shape index (κ2) is 8.87. The topological polar surface area (TPSA) is 44.4 Å². The van der Waals surface area contributed by atoms with Gasteiger partial charge in [0.15, 0.2) is 5.11 Å². The number of hydrogen-bond donors (Lipinski definition) is 2. The molecule has 2 N–H and O–H groups in total. The Balaban J connectivity index is 1.62. The standard InChI is InChI=1S/C19H18Cl2FN3OS/c20-14-6-4-12(10-15(14)21)18(26)24-19(27)23-13-5-7-17(16(22)11-13)25-8-2-1-3-9-25/h4-7,10-11H,1-3,8-9H2,(H2,23,24,26,27). The third kappa shape index (κ3) is 5.09. The van der Waals surface area contributed by atoms with Crippen LogP contribution in [0.25, 0.3) is 0 Å². The maximum absolute atomic E-state index is 14.5. The van der Waals surface area contributed by atoms with Crippen LogP contribution in [0, 0.1) is 5.82 Å². The van der Waals surface area contributed by atoms with E-state index in [4.69, 9.17) is 35.4 Å². The minimum atomic E-state index is -0.434. The predicted octanol–water partition coefficient (Wildman–Crippen LogP) is 5.25. The Kier molecular flexibility index (Phi) is 6.52. The molecular weight excluding hydrogens is 408 g/mol. The first-order valence-corrected chi connectivity index (χ1v) is 9.72. The average molecular weight is 426 g/mol. The van der Waals surface area contributed by atoms with Crippen LogP contribution >= 0.6 is 35.4 Å². The highest BCUT2D eigenvalue weighted by atomic mass is 35.5. The van der Waals surface area contributed by atoms with E-state index in [0.717, 1.165) is 25.9 Å². The molecule has 1 fully saturated rings. The van der Waals surface area contributed by atoms with Gasteiger partial charge in [-0.3, -0.25) is 10.1 Å². The zero-order chi connectivity index (χ0) is 19.4. The quantitative estimate of drug-likeness (QED) is 0.659. The molecular formula is C19H18Cl2FN3OS. The molecule has 1 amide bonds. The van der Waals surface area contributed by atoms with E-state index in [-0.39, 0.29) is 16.0 Å². The molecule has 1 heterocycles. The largest absolute Gasteiger partial charge is 0.369 e. The maximum atomic E-state index is 14.5. The number of carbonyl (C=O) groups is 1. The summed E-state index contributed by atoms with van der Waals surface area (Å²) in [6.07, 6.45) is 3.33. The molecule has 27 heavy (non-hydrogen) atoms. The Morgan fingerprint density at radius 3 is 2.44 bits per heavy atom. The van der Waals surface area contributed by atoms with E-state index in [2.05, 4.69) is 10.6 Å². The number of thiocarbonyl (C=S) groups is 1. The third-order valence-electron chi connectivity index (χ3n) is 4.31. The lowest BCUT2D eigenvalue weighted by atomic mass is 10.1. The van der Waals surface area contributed by atoms with Gasteiger partial charge < -0.3 is 10.2 Å². The molecule has 0 spiro atoms. The zero-order valence-corrected chi connectivity index (χ0v) is 16.7. The molecule has 2 aromatic carbocycles. The average Bonchev–Trinajstić information content (AvgIpc) is 2.64. The van der Waals surface area contributed by atoms with Crippen LogP contribution in [0.1, 0.15) is 29.6 Å². The van der Waals surface area contributed by atoms with E-state index in [1.54, 1.807) is 18.2 Å². The van der Waals surface area contributed by atoms with Crippen LogP contribution in [-0.4, -0.2) is 24.1 Å². The first-order chi connectivity index (χ1) is 12.9. The summed E-state index contributed by atoms with van der Waals surface area (Å²) in [4.78, 5) is 14.3. The molecule has 0 saturated carbocycles. The van der Waals surface area contributed by atoms with Crippen molar-refractivity contribution in [2.75, 3.05) is 23.3 Å². The van der Waals surface area contributed by atoms with Crippen molar-refractivity contribution in [1.29, 1.82) is 0 Å². The summed E-state index contributed by atoms with van der Waals surface area (Å²) in [6, 6.07) is 9.37. The monoisotopic (exact) mass is 425 g/mol. The first kappa shape index (κ1) is 19.9. The van der Waals surface area contributed by atoms with Crippen LogP contribution in [0.3, 0.4) is 0 Å². The maximum Gasteiger partial charge on any atom is 0.257 e. The van der Waals surface area contributed by atoms with Crippen LogP contribution in [0.15, 0.2) is 36.4 Å². The second-order valence-electron chi connectivity index (χ2n) is 6.25. The summed E-state index contributed by atoms with van der Waals surface area (Å²) >= 11 is 16.9. The molecule has 0 radical (unpaired) electrons. The van der Waals surface area contributed by atoms with E-state index in [1.165, 1.54) is 24.6 Å². The fourth-order valence-electron chi connectivity index (χ4n) is 2.95. The molecule has 0 unspecified atom stereocenters.